The average molecular weight is 353 g/mol. The van der Waals surface area contributed by atoms with Gasteiger partial charge in [-0.1, -0.05) is 18.7 Å². The maximum atomic E-state index is 12.6. The Bertz CT molecular complexity index is 456. The van der Waals surface area contributed by atoms with E-state index in [1.807, 2.05) is 25.7 Å². The molecule has 2 fully saturated rings. The highest BCUT2D eigenvalue weighted by Gasteiger charge is 2.43. The molecule has 2 heterocycles. The molecule has 0 N–H and O–H groups in total. The van der Waals surface area contributed by atoms with Crippen LogP contribution >= 0.6 is 11.8 Å². The number of hydrogen-bond acceptors (Lipinski definition) is 5. The second-order valence-electron chi connectivity index (χ2n) is 7.61. The minimum atomic E-state index is -0.488. The molecule has 1 unspecified atom stereocenters. The van der Waals surface area contributed by atoms with Crippen LogP contribution in [0, 0.1) is 5.92 Å². The maximum absolute atomic E-state index is 12.6. The van der Waals surface area contributed by atoms with Crippen LogP contribution in [0.5, 0.6) is 0 Å². The Labute approximate surface area is 152 Å². The lowest BCUT2D eigenvalue weighted by atomic mass is 9.97. The summed E-state index contributed by atoms with van der Waals surface area (Å²) in [5.74, 6) is 0.486. The van der Waals surface area contributed by atoms with E-state index in [0.717, 1.165) is 32.5 Å². The molecule has 135 valence electrons. The van der Waals surface area contributed by atoms with Gasteiger partial charge < -0.3 is 14.5 Å². The van der Waals surface area contributed by atoms with Crippen LogP contribution in [-0.4, -0.2) is 72.5 Å². The largest absolute Gasteiger partial charge is 0.444 e. The third-order valence-corrected chi connectivity index (χ3v) is 5.57. The molecular formula is C17H30BN2O3S. The van der Waals surface area contributed by atoms with Crippen molar-refractivity contribution in [2.45, 2.75) is 64.4 Å². The Morgan fingerprint density at radius 3 is 2.42 bits per heavy atom. The van der Waals surface area contributed by atoms with E-state index >= 15 is 0 Å². The minimum absolute atomic E-state index is 0. The van der Waals surface area contributed by atoms with Gasteiger partial charge in [-0.15, -0.1) is 0 Å². The third-order valence-electron chi connectivity index (χ3n) is 4.57. The molecule has 2 saturated heterocycles. The molecule has 0 aliphatic carbocycles. The summed E-state index contributed by atoms with van der Waals surface area (Å²) in [7, 11) is 0. The maximum Gasteiger partial charge on any atom is 0.410 e. The van der Waals surface area contributed by atoms with Gasteiger partial charge in [0.05, 0.1) is 0 Å². The van der Waals surface area contributed by atoms with Gasteiger partial charge in [-0.25, -0.2) is 4.79 Å². The van der Waals surface area contributed by atoms with E-state index in [-0.39, 0.29) is 30.9 Å². The highest BCUT2D eigenvalue weighted by molar-refractivity contribution is 8.14. The van der Waals surface area contributed by atoms with E-state index in [4.69, 9.17) is 4.74 Å². The van der Waals surface area contributed by atoms with Crippen molar-refractivity contribution in [2.75, 3.05) is 26.2 Å². The zero-order valence-corrected chi connectivity index (χ0v) is 16.4. The lowest BCUT2D eigenvalue weighted by molar-refractivity contribution is -0.109. The molecule has 5 nitrogen and oxygen atoms in total. The summed E-state index contributed by atoms with van der Waals surface area (Å²) in [6.07, 6.45) is 1.78. The molecule has 7 heteroatoms. The van der Waals surface area contributed by atoms with Crippen LogP contribution in [0.25, 0.3) is 0 Å². The molecule has 2 rings (SSSR count). The molecule has 3 radical (unpaired) electrons. The van der Waals surface area contributed by atoms with Crippen molar-refractivity contribution < 1.29 is 14.3 Å². The number of carbonyl (C=O) groups excluding carboxylic acids is 2. The molecule has 0 spiro atoms. The molecule has 24 heavy (non-hydrogen) atoms. The van der Waals surface area contributed by atoms with E-state index in [2.05, 4.69) is 11.8 Å². The number of ether oxygens (including phenoxy) is 1. The number of amides is 1. The smallest absolute Gasteiger partial charge is 0.410 e. The van der Waals surface area contributed by atoms with Crippen molar-refractivity contribution >= 4 is 31.4 Å². The third kappa shape index (κ3) is 5.69. The molecule has 0 bridgehead atoms. The average Bonchev–Trinajstić information content (AvgIpc) is 3.01. The lowest BCUT2D eigenvalue weighted by Crippen LogP contribution is -2.43. The fraction of sp³-hybridized carbons (Fsp3) is 0.882. The van der Waals surface area contributed by atoms with Crippen LogP contribution in [0.4, 0.5) is 4.79 Å². The predicted octanol–water partition coefficient (Wildman–Crippen LogP) is 2.61. The number of carbonyl (C=O) groups is 2. The molecular weight excluding hydrogens is 323 g/mol. The molecule has 2 aliphatic heterocycles. The lowest BCUT2D eigenvalue weighted by Gasteiger charge is -2.31. The first-order chi connectivity index (χ1) is 10.7. The molecule has 3 atom stereocenters. The number of nitrogens with zero attached hydrogens (tertiary/aromatic N) is 2. The SMILES string of the molecule is CCN1CCC([C@@H]2C[C@H](SC(C)=O)CN2C(=O)OC(C)(C)C)C1.[B]. The molecule has 0 aromatic heterocycles. The Hall–Kier alpha value is -0.685. The van der Waals surface area contributed by atoms with Crippen molar-refractivity contribution in [3.63, 3.8) is 0 Å². The first-order valence-electron chi connectivity index (χ1n) is 8.58. The summed E-state index contributed by atoms with van der Waals surface area (Å²) in [6, 6.07) is 0.193. The topological polar surface area (TPSA) is 49.9 Å². The second kappa shape index (κ2) is 8.61. The zero-order chi connectivity index (χ0) is 17.2. The van der Waals surface area contributed by atoms with Crippen molar-refractivity contribution in [2.24, 2.45) is 5.92 Å². The van der Waals surface area contributed by atoms with Gasteiger partial charge in [0, 0.05) is 39.7 Å². The summed E-state index contributed by atoms with van der Waals surface area (Å²) < 4.78 is 5.60. The monoisotopic (exact) mass is 353 g/mol. The fourth-order valence-corrected chi connectivity index (χ4v) is 4.59. The van der Waals surface area contributed by atoms with Gasteiger partial charge in [0.2, 0.25) is 0 Å². The first-order valence-corrected chi connectivity index (χ1v) is 9.46. The number of hydrogen-bond donors (Lipinski definition) is 0. The summed E-state index contributed by atoms with van der Waals surface area (Å²) in [6.45, 7) is 13.3. The second-order valence-corrected chi connectivity index (χ2v) is 9.09. The molecule has 0 aromatic rings. The van der Waals surface area contributed by atoms with Gasteiger partial charge in [0.15, 0.2) is 5.12 Å². The van der Waals surface area contributed by atoms with E-state index in [1.54, 1.807) is 6.92 Å². The van der Waals surface area contributed by atoms with Crippen molar-refractivity contribution in [3.05, 3.63) is 0 Å². The zero-order valence-electron chi connectivity index (χ0n) is 15.6. The van der Waals surface area contributed by atoms with Crippen LogP contribution in [0.2, 0.25) is 0 Å². The van der Waals surface area contributed by atoms with Crippen molar-refractivity contribution in [3.8, 4) is 0 Å². The van der Waals surface area contributed by atoms with E-state index in [1.165, 1.54) is 11.8 Å². The first kappa shape index (κ1) is 21.4. The molecule has 0 aromatic carbocycles. The quantitative estimate of drug-likeness (QED) is 0.730. The minimum Gasteiger partial charge on any atom is -0.444 e. The Balaban J connectivity index is 0.00000288. The Morgan fingerprint density at radius 1 is 1.25 bits per heavy atom. The normalized spacial score (nSPS) is 27.9. The van der Waals surface area contributed by atoms with Gasteiger partial charge in [-0.3, -0.25) is 4.79 Å². The van der Waals surface area contributed by atoms with Crippen LogP contribution in [-0.2, 0) is 9.53 Å². The van der Waals surface area contributed by atoms with E-state index in [9.17, 15) is 9.59 Å². The van der Waals surface area contributed by atoms with Crippen molar-refractivity contribution in [1.82, 2.24) is 9.80 Å². The molecule has 0 saturated carbocycles. The summed E-state index contributed by atoms with van der Waals surface area (Å²) in [5.41, 5.74) is -0.488. The summed E-state index contributed by atoms with van der Waals surface area (Å²) in [4.78, 5) is 28.4. The highest BCUT2D eigenvalue weighted by Crippen LogP contribution is 2.36. The summed E-state index contributed by atoms with van der Waals surface area (Å²) in [5, 5.41) is 0.321. The van der Waals surface area contributed by atoms with Gasteiger partial charge in [-0.2, -0.15) is 0 Å². The Kier molecular flexibility index (Phi) is 7.66. The molecule has 2 aliphatic rings. The summed E-state index contributed by atoms with van der Waals surface area (Å²) >= 11 is 1.37. The van der Waals surface area contributed by atoms with Crippen LogP contribution < -0.4 is 0 Å². The number of likely N-dealkylation sites (tertiary alicyclic amines) is 2. The van der Waals surface area contributed by atoms with Gasteiger partial charge >= 0.3 is 6.09 Å². The van der Waals surface area contributed by atoms with Crippen LogP contribution in [0.15, 0.2) is 0 Å². The van der Waals surface area contributed by atoms with Gasteiger partial charge in [0.25, 0.3) is 0 Å². The highest BCUT2D eigenvalue weighted by atomic mass is 32.2. The van der Waals surface area contributed by atoms with Crippen LogP contribution in [0.1, 0.15) is 47.5 Å². The van der Waals surface area contributed by atoms with Gasteiger partial charge in [0.1, 0.15) is 5.60 Å². The fourth-order valence-electron chi connectivity index (χ4n) is 3.59. The number of thioether (sulfide) groups is 1. The standard InChI is InChI=1S/C17H30N2O3S.B/c1-6-18-8-7-13(10-18)15-9-14(23-12(2)20)11-19(15)16(21)22-17(3,4)5;/h13-15H,6-11H2,1-5H3;/t13?,14-,15-;/m0./s1. The predicted molar refractivity (Wildman–Crippen MR) is 99.4 cm³/mol. The van der Waals surface area contributed by atoms with E-state index < -0.39 is 5.60 Å². The van der Waals surface area contributed by atoms with Crippen LogP contribution in [0.3, 0.4) is 0 Å². The molecule has 1 amide bonds. The van der Waals surface area contributed by atoms with E-state index in [0.29, 0.717) is 12.5 Å². The van der Waals surface area contributed by atoms with Gasteiger partial charge in [-0.05, 0) is 52.6 Å². The number of rotatable bonds is 3. The Morgan fingerprint density at radius 2 is 1.92 bits per heavy atom. The van der Waals surface area contributed by atoms with Crippen molar-refractivity contribution in [1.29, 1.82) is 0 Å².